The number of aryl methyl sites for hydroxylation is 1. The lowest BCUT2D eigenvalue weighted by Crippen LogP contribution is -1.98. The summed E-state index contributed by atoms with van der Waals surface area (Å²) in [5.41, 5.74) is 3.90. The van der Waals surface area contributed by atoms with Crippen molar-refractivity contribution in [3.63, 3.8) is 0 Å². The molecule has 25 heavy (non-hydrogen) atoms. The van der Waals surface area contributed by atoms with E-state index in [0.717, 1.165) is 40.6 Å². The van der Waals surface area contributed by atoms with E-state index in [0.29, 0.717) is 17.9 Å². The number of carbonyl (C=O) groups is 1. The second kappa shape index (κ2) is 7.66. The number of fused-ring (bicyclic) bond motifs is 1. The van der Waals surface area contributed by atoms with E-state index in [1.165, 1.54) is 0 Å². The average molecular weight is 354 g/mol. The molecule has 0 amide bonds. The van der Waals surface area contributed by atoms with E-state index >= 15 is 0 Å². The van der Waals surface area contributed by atoms with Crippen molar-refractivity contribution in [2.45, 2.75) is 26.7 Å². The molecule has 1 aromatic heterocycles. The minimum absolute atomic E-state index is 0.475. The largest absolute Gasteiger partial charge is 0.494 e. The maximum Gasteiger partial charge on any atom is 0.253 e. The molecule has 0 bridgehead atoms. The highest BCUT2D eigenvalue weighted by Gasteiger charge is 2.13. The van der Waals surface area contributed by atoms with E-state index < -0.39 is 5.24 Å². The predicted octanol–water partition coefficient (Wildman–Crippen LogP) is 5.77. The Morgan fingerprint density at radius 3 is 2.76 bits per heavy atom. The third kappa shape index (κ3) is 3.99. The number of benzene rings is 2. The SMILES string of the molecule is CCCCOc1cccc(-c2cc(C(=O)Cl)c3cc(C)ccc3n2)c1. The number of pyridine rings is 1. The Balaban J connectivity index is 2.05. The molecule has 0 saturated carbocycles. The fourth-order valence-electron chi connectivity index (χ4n) is 2.73. The van der Waals surface area contributed by atoms with Crippen molar-refractivity contribution in [2.24, 2.45) is 0 Å². The number of carbonyl (C=O) groups excluding carboxylic acids is 1. The van der Waals surface area contributed by atoms with Gasteiger partial charge in [-0.3, -0.25) is 4.79 Å². The Kier molecular flexibility index (Phi) is 5.34. The van der Waals surface area contributed by atoms with Gasteiger partial charge in [0.2, 0.25) is 0 Å². The first-order chi connectivity index (χ1) is 12.1. The summed E-state index contributed by atoms with van der Waals surface area (Å²) in [6, 6.07) is 15.3. The van der Waals surface area contributed by atoms with Gasteiger partial charge in [0.25, 0.3) is 5.24 Å². The van der Waals surface area contributed by atoms with Crippen molar-refractivity contribution >= 4 is 27.7 Å². The van der Waals surface area contributed by atoms with Crippen LogP contribution in [0.4, 0.5) is 0 Å². The minimum atomic E-state index is -0.477. The van der Waals surface area contributed by atoms with Crippen LogP contribution in [0.3, 0.4) is 0 Å². The van der Waals surface area contributed by atoms with E-state index in [1.807, 2.05) is 49.4 Å². The van der Waals surface area contributed by atoms with Crippen LogP contribution in [0.2, 0.25) is 0 Å². The number of unbranched alkanes of at least 4 members (excludes halogenated alkanes) is 1. The zero-order valence-electron chi connectivity index (χ0n) is 14.4. The van der Waals surface area contributed by atoms with Crippen LogP contribution < -0.4 is 4.74 Å². The molecule has 1 heterocycles. The second-order valence-electron chi connectivity index (χ2n) is 6.08. The first-order valence-corrected chi connectivity index (χ1v) is 8.80. The molecule has 0 atom stereocenters. The van der Waals surface area contributed by atoms with Gasteiger partial charge in [0.05, 0.1) is 17.8 Å². The second-order valence-corrected chi connectivity index (χ2v) is 6.42. The molecule has 3 nitrogen and oxygen atoms in total. The molecule has 4 heteroatoms. The molecule has 0 aliphatic rings. The summed E-state index contributed by atoms with van der Waals surface area (Å²) in [5, 5.41) is 0.300. The topological polar surface area (TPSA) is 39.2 Å². The third-order valence-electron chi connectivity index (χ3n) is 4.07. The first-order valence-electron chi connectivity index (χ1n) is 8.43. The number of ether oxygens (including phenoxy) is 1. The fourth-order valence-corrected chi connectivity index (χ4v) is 2.89. The fraction of sp³-hybridized carbons (Fsp3) is 0.238. The van der Waals surface area contributed by atoms with Gasteiger partial charge in [0.1, 0.15) is 5.75 Å². The van der Waals surface area contributed by atoms with Crippen LogP contribution in [0, 0.1) is 6.92 Å². The van der Waals surface area contributed by atoms with Crippen molar-refractivity contribution < 1.29 is 9.53 Å². The molecule has 0 saturated heterocycles. The van der Waals surface area contributed by atoms with Crippen LogP contribution in [-0.2, 0) is 0 Å². The van der Waals surface area contributed by atoms with Crippen LogP contribution in [0.15, 0.2) is 48.5 Å². The molecule has 2 aromatic carbocycles. The number of hydrogen-bond acceptors (Lipinski definition) is 3. The van der Waals surface area contributed by atoms with Crippen molar-refractivity contribution in [3.05, 3.63) is 59.7 Å². The Labute approximate surface area is 152 Å². The summed E-state index contributed by atoms with van der Waals surface area (Å²) in [7, 11) is 0. The number of hydrogen-bond donors (Lipinski definition) is 0. The molecule has 0 N–H and O–H groups in total. The molecule has 0 radical (unpaired) electrons. The first kappa shape index (κ1) is 17.4. The van der Waals surface area contributed by atoms with Crippen LogP contribution >= 0.6 is 11.6 Å². The van der Waals surface area contributed by atoms with Gasteiger partial charge in [0.15, 0.2) is 0 Å². The normalized spacial score (nSPS) is 10.8. The van der Waals surface area contributed by atoms with Crippen LogP contribution in [0.5, 0.6) is 5.75 Å². The van der Waals surface area contributed by atoms with Gasteiger partial charge in [-0.15, -0.1) is 0 Å². The summed E-state index contributed by atoms with van der Waals surface area (Å²) in [6.45, 7) is 4.80. The highest BCUT2D eigenvalue weighted by Crippen LogP contribution is 2.28. The molecule has 0 unspecified atom stereocenters. The van der Waals surface area contributed by atoms with Crippen molar-refractivity contribution in [3.8, 4) is 17.0 Å². The zero-order chi connectivity index (χ0) is 17.8. The zero-order valence-corrected chi connectivity index (χ0v) is 15.1. The van der Waals surface area contributed by atoms with E-state index in [-0.39, 0.29) is 0 Å². The number of aromatic nitrogens is 1. The summed E-state index contributed by atoms with van der Waals surface area (Å²) >= 11 is 5.82. The predicted molar refractivity (Wildman–Crippen MR) is 103 cm³/mol. The molecule has 0 spiro atoms. The summed E-state index contributed by atoms with van der Waals surface area (Å²) in [5.74, 6) is 0.801. The van der Waals surface area contributed by atoms with Crippen LogP contribution in [0.25, 0.3) is 22.2 Å². The lowest BCUT2D eigenvalue weighted by atomic mass is 10.0. The molecule has 0 fully saturated rings. The Morgan fingerprint density at radius 1 is 1.16 bits per heavy atom. The van der Waals surface area contributed by atoms with Gasteiger partial charge in [-0.2, -0.15) is 0 Å². The molecule has 128 valence electrons. The van der Waals surface area contributed by atoms with Crippen molar-refractivity contribution in [2.75, 3.05) is 6.61 Å². The van der Waals surface area contributed by atoms with Crippen molar-refractivity contribution in [1.82, 2.24) is 4.98 Å². The molecule has 0 aliphatic carbocycles. The minimum Gasteiger partial charge on any atom is -0.494 e. The lowest BCUT2D eigenvalue weighted by molar-refractivity contribution is 0.108. The monoisotopic (exact) mass is 353 g/mol. The maximum atomic E-state index is 11.9. The van der Waals surface area contributed by atoms with Crippen LogP contribution in [0.1, 0.15) is 35.7 Å². The average Bonchev–Trinajstić information content (AvgIpc) is 2.61. The van der Waals surface area contributed by atoms with E-state index in [4.69, 9.17) is 21.3 Å². The van der Waals surface area contributed by atoms with Gasteiger partial charge in [0, 0.05) is 16.5 Å². The highest BCUT2D eigenvalue weighted by atomic mass is 35.5. The third-order valence-corrected chi connectivity index (χ3v) is 4.28. The van der Waals surface area contributed by atoms with Gasteiger partial charge < -0.3 is 4.74 Å². The Morgan fingerprint density at radius 2 is 2.00 bits per heavy atom. The lowest BCUT2D eigenvalue weighted by Gasteiger charge is -2.10. The van der Waals surface area contributed by atoms with Gasteiger partial charge in [-0.1, -0.05) is 37.1 Å². The summed E-state index contributed by atoms with van der Waals surface area (Å²) < 4.78 is 5.77. The molecule has 0 aliphatic heterocycles. The Bertz CT molecular complexity index is 921. The van der Waals surface area contributed by atoms with Crippen LogP contribution in [-0.4, -0.2) is 16.8 Å². The van der Waals surface area contributed by atoms with E-state index in [1.54, 1.807) is 6.07 Å². The smallest absolute Gasteiger partial charge is 0.253 e. The molecular formula is C21H20ClNO2. The number of rotatable bonds is 6. The number of nitrogens with zero attached hydrogens (tertiary/aromatic N) is 1. The summed E-state index contributed by atoms with van der Waals surface area (Å²) in [6.07, 6.45) is 2.11. The van der Waals surface area contributed by atoms with Crippen molar-refractivity contribution in [1.29, 1.82) is 0 Å². The van der Waals surface area contributed by atoms with E-state index in [2.05, 4.69) is 6.92 Å². The molecule has 3 rings (SSSR count). The Hall–Kier alpha value is -2.39. The number of halogens is 1. The van der Waals surface area contributed by atoms with Gasteiger partial charge >= 0.3 is 0 Å². The maximum absolute atomic E-state index is 11.9. The highest BCUT2D eigenvalue weighted by molar-refractivity contribution is 6.68. The van der Waals surface area contributed by atoms with E-state index in [9.17, 15) is 4.79 Å². The summed E-state index contributed by atoms with van der Waals surface area (Å²) in [4.78, 5) is 16.6. The quantitative estimate of drug-likeness (QED) is 0.417. The molecular weight excluding hydrogens is 334 g/mol. The standard InChI is InChI=1S/C21H20ClNO2/c1-3-4-10-25-16-7-5-6-15(12-16)20-13-18(21(22)24)17-11-14(2)8-9-19(17)23-20/h5-9,11-13H,3-4,10H2,1-2H3. The van der Waals surface area contributed by atoms with Gasteiger partial charge in [-0.05, 0) is 55.3 Å². The van der Waals surface area contributed by atoms with Gasteiger partial charge in [-0.25, -0.2) is 4.98 Å². The molecule has 3 aromatic rings.